The van der Waals surface area contributed by atoms with Gasteiger partial charge in [0.1, 0.15) is 5.75 Å². The van der Waals surface area contributed by atoms with Crippen LogP contribution < -0.4 is 4.74 Å². The molecule has 1 N–H and O–H groups in total. The number of hydrogen-bond acceptors (Lipinski definition) is 2. The largest absolute Gasteiger partial charge is 0.481 e. The van der Waals surface area contributed by atoms with Crippen LogP contribution in [-0.2, 0) is 4.79 Å². The van der Waals surface area contributed by atoms with Crippen LogP contribution in [-0.4, -0.2) is 23.4 Å². The molecule has 0 amide bonds. The molecule has 0 aliphatic carbocycles. The summed E-state index contributed by atoms with van der Waals surface area (Å²) in [5.41, 5.74) is 0. The maximum absolute atomic E-state index is 12.5. The summed E-state index contributed by atoms with van der Waals surface area (Å²) in [6, 6.07) is 6.10. The van der Waals surface area contributed by atoms with Gasteiger partial charge in [0.2, 0.25) is 6.10 Å². The van der Waals surface area contributed by atoms with Gasteiger partial charge in [-0.1, -0.05) is 12.1 Å². The monoisotopic (exact) mass is 360 g/mol. The maximum Gasteiger partial charge on any atom is 0.426 e. The average molecular weight is 360 g/mol. The van der Waals surface area contributed by atoms with Crippen LogP contribution in [0, 0.1) is 3.57 Å². The smallest absolute Gasteiger partial charge is 0.426 e. The number of para-hydroxylation sites is 1. The van der Waals surface area contributed by atoms with Gasteiger partial charge in [0.25, 0.3) is 0 Å². The molecule has 0 saturated carbocycles. The normalized spacial score (nSPS) is 13.2. The van der Waals surface area contributed by atoms with Gasteiger partial charge in [-0.25, -0.2) is 0 Å². The van der Waals surface area contributed by atoms with Crippen LogP contribution in [0.25, 0.3) is 0 Å². The molecule has 0 aliphatic rings. The molecule has 0 heterocycles. The lowest BCUT2D eigenvalue weighted by Crippen LogP contribution is -2.36. The van der Waals surface area contributed by atoms with E-state index in [-0.39, 0.29) is 5.75 Å². The molecule has 7 heteroatoms. The molecule has 1 aromatic rings. The standard InChI is InChI=1S/C10H8F3IO3/c11-10(12,13)8(5-9(15)16)17-7-4-2-1-3-6(7)14/h1-4,8H,5H2,(H,15,16). The minimum Gasteiger partial charge on any atom is -0.481 e. The van der Waals surface area contributed by atoms with E-state index in [0.29, 0.717) is 3.57 Å². The molecular formula is C10H8F3IO3. The van der Waals surface area contributed by atoms with Crippen molar-refractivity contribution < 1.29 is 27.8 Å². The first-order valence-electron chi connectivity index (χ1n) is 4.50. The van der Waals surface area contributed by atoms with E-state index in [4.69, 9.17) is 9.84 Å². The number of hydrogen-bond donors (Lipinski definition) is 1. The summed E-state index contributed by atoms with van der Waals surface area (Å²) in [5, 5.41) is 8.41. The van der Waals surface area contributed by atoms with Crippen molar-refractivity contribution in [3.63, 3.8) is 0 Å². The lowest BCUT2D eigenvalue weighted by atomic mass is 10.2. The first-order chi connectivity index (χ1) is 7.80. The molecule has 0 aliphatic heterocycles. The van der Waals surface area contributed by atoms with Gasteiger partial charge in [-0.15, -0.1) is 0 Å². The summed E-state index contributed by atoms with van der Waals surface area (Å²) in [4.78, 5) is 10.3. The molecule has 1 unspecified atom stereocenters. The van der Waals surface area contributed by atoms with Crippen LogP contribution in [0.3, 0.4) is 0 Å². The Labute approximate surface area is 109 Å². The molecule has 0 saturated heterocycles. The Kier molecular flexibility index (Phi) is 4.61. The van der Waals surface area contributed by atoms with Gasteiger partial charge in [0.15, 0.2) is 0 Å². The number of benzene rings is 1. The predicted octanol–water partition coefficient (Wildman–Crippen LogP) is 3.08. The second-order valence-electron chi connectivity index (χ2n) is 3.18. The summed E-state index contributed by atoms with van der Waals surface area (Å²) in [6.45, 7) is 0. The Hall–Kier alpha value is -0.990. The van der Waals surface area contributed by atoms with Gasteiger partial charge in [-0.05, 0) is 34.7 Å². The summed E-state index contributed by atoms with van der Waals surface area (Å²) in [6.07, 6.45) is -8.16. The first kappa shape index (κ1) is 14.1. The lowest BCUT2D eigenvalue weighted by molar-refractivity contribution is -0.200. The summed E-state index contributed by atoms with van der Waals surface area (Å²) < 4.78 is 42.7. The van der Waals surface area contributed by atoms with Crippen LogP contribution in [0.15, 0.2) is 24.3 Å². The van der Waals surface area contributed by atoms with Crippen molar-refractivity contribution in [2.75, 3.05) is 0 Å². The lowest BCUT2D eigenvalue weighted by Gasteiger charge is -2.20. The molecule has 0 radical (unpaired) electrons. The quantitative estimate of drug-likeness (QED) is 0.840. The Balaban J connectivity index is 2.87. The highest BCUT2D eigenvalue weighted by molar-refractivity contribution is 14.1. The van der Waals surface area contributed by atoms with Gasteiger partial charge >= 0.3 is 12.1 Å². The molecule has 1 rings (SSSR count). The number of halogens is 4. The topological polar surface area (TPSA) is 46.5 Å². The Bertz CT molecular complexity index is 406. The highest BCUT2D eigenvalue weighted by atomic mass is 127. The van der Waals surface area contributed by atoms with Crippen molar-refractivity contribution in [1.29, 1.82) is 0 Å². The third-order valence-electron chi connectivity index (χ3n) is 1.83. The number of alkyl halides is 3. The average Bonchev–Trinajstić information content (AvgIpc) is 2.18. The van der Waals surface area contributed by atoms with Crippen molar-refractivity contribution in [2.45, 2.75) is 18.7 Å². The molecule has 94 valence electrons. The maximum atomic E-state index is 12.5. The van der Waals surface area contributed by atoms with E-state index >= 15 is 0 Å². The van der Waals surface area contributed by atoms with Crippen molar-refractivity contribution in [2.24, 2.45) is 0 Å². The molecule has 1 aromatic carbocycles. The number of carbonyl (C=O) groups is 1. The fourth-order valence-corrected chi connectivity index (χ4v) is 1.59. The van der Waals surface area contributed by atoms with E-state index < -0.39 is 24.7 Å². The summed E-state index contributed by atoms with van der Waals surface area (Å²) in [7, 11) is 0. The molecule has 17 heavy (non-hydrogen) atoms. The molecule has 0 fully saturated rings. The molecular weight excluding hydrogens is 352 g/mol. The van der Waals surface area contributed by atoms with E-state index in [1.165, 1.54) is 12.1 Å². The zero-order valence-electron chi connectivity index (χ0n) is 8.37. The van der Waals surface area contributed by atoms with Crippen LogP contribution in [0.4, 0.5) is 13.2 Å². The SMILES string of the molecule is O=C(O)CC(Oc1ccccc1I)C(F)(F)F. The fraction of sp³-hybridized carbons (Fsp3) is 0.300. The summed E-state index contributed by atoms with van der Waals surface area (Å²) >= 11 is 1.82. The van der Waals surface area contributed by atoms with Crippen molar-refractivity contribution >= 4 is 28.6 Å². The molecule has 3 nitrogen and oxygen atoms in total. The molecule has 0 spiro atoms. The number of aliphatic carboxylic acids is 1. The second kappa shape index (κ2) is 5.56. The number of carboxylic acids is 1. The molecule has 1 atom stereocenters. The number of carboxylic acid groups (broad SMARTS) is 1. The highest BCUT2D eigenvalue weighted by Crippen LogP contribution is 2.29. The number of rotatable bonds is 4. The Morgan fingerprint density at radius 1 is 1.41 bits per heavy atom. The first-order valence-corrected chi connectivity index (χ1v) is 5.58. The van der Waals surface area contributed by atoms with Crippen LogP contribution in [0.2, 0.25) is 0 Å². The summed E-state index contributed by atoms with van der Waals surface area (Å²) in [5.74, 6) is -1.53. The van der Waals surface area contributed by atoms with Gasteiger partial charge in [-0.2, -0.15) is 13.2 Å². The highest BCUT2D eigenvalue weighted by Gasteiger charge is 2.43. The van der Waals surface area contributed by atoms with Crippen molar-refractivity contribution in [1.82, 2.24) is 0 Å². The van der Waals surface area contributed by atoms with Crippen molar-refractivity contribution in [3.8, 4) is 5.75 Å². The Morgan fingerprint density at radius 3 is 2.47 bits per heavy atom. The van der Waals surface area contributed by atoms with Crippen molar-refractivity contribution in [3.05, 3.63) is 27.8 Å². The van der Waals surface area contributed by atoms with E-state index in [9.17, 15) is 18.0 Å². The van der Waals surface area contributed by atoms with Gasteiger partial charge < -0.3 is 9.84 Å². The van der Waals surface area contributed by atoms with E-state index in [2.05, 4.69) is 0 Å². The predicted molar refractivity (Wildman–Crippen MR) is 61.9 cm³/mol. The minimum absolute atomic E-state index is 0.0247. The Morgan fingerprint density at radius 2 is 2.00 bits per heavy atom. The van der Waals surface area contributed by atoms with Gasteiger partial charge in [0.05, 0.1) is 9.99 Å². The second-order valence-corrected chi connectivity index (χ2v) is 4.34. The zero-order chi connectivity index (χ0) is 13.1. The third-order valence-corrected chi connectivity index (χ3v) is 2.72. The van der Waals surface area contributed by atoms with Crippen LogP contribution >= 0.6 is 22.6 Å². The van der Waals surface area contributed by atoms with Crippen LogP contribution in [0.5, 0.6) is 5.75 Å². The van der Waals surface area contributed by atoms with Gasteiger partial charge in [-0.3, -0.25) is 4.79 Å². The van der Waals surface area contributed by atoms with E-state index in [0.717, 1.165) is 0 Å². The van der Waals surface area contributed by atoms with Gasteiger partial charge in [0, 0.05) is 0 Å². The third kappa shape index (κ3) is 4.41. The van der Waals surface area contributed by atoms with Crippen LogP contribution in [0.1, 0.15) is 6.42 Å². The number of ether oxygens (including phenoxy) is 1. The fourth-order valence-electron chi connectivity index (χ4n) is 1.08. The van der Waals surface area contributed by atoms with E-state index in [1.54, 1.807) is 12.1 Å². The zero-order valence-corrected chi connectivity index (χ0v) is 10.5. The molecule has 0 aromatic heterocycles. The minimum atomic E-state index is -4.71. The molecule has 0 bridgehead atoms. The van der Waals surface area contributed by atoms with E-state index in [1.807, 2.05) is 22.6 Å².